The fraction of sp³-hybridized carbons (Fsp3) is 0.412. The lowest BCUT2D eigenvalue weighted by molar-refractivity contribution is 0.0930. The van der Waals surface area contributed by atoms with E-state index in [2.05, 4.69) is 20.8 Å². The van der Waals surface area contributed by atoms with Crippen molar-refractivity contribution in [1.29, 1.82) is 0 Å². The summed E-state index contributed by atoms with van der Waals surface area (Å²) in [6.07, 6.45) is 3.40. The van der Waals surface area contributed by atoms with Crippen molar-refractivity contribution in [2.24, 2.45) is 0 Å². The molecule has 2 saturated heterocycles. The van der Waals surface area contributed by atoms with Crippen molar-refractivity contribution in [1.82, 2.24) is 20.8 Å². The predicted octanol–water partition coefficient (Wildman–Crippen LogP) is 2.51. The van der Waals surface area contributed by atoms with Gasteiger partial charge in [0.2, 0.25) is 0 Å². The molecule has 6 nitrogen and oxygen atoms in total. The smallest absolute Gasteiger partial charge is 0.251 e. The Bertz CT molecular complexity index is 805. The van der Waals surface area contributed by atoms with Crippen LogP contribution in [0, 0.1) is 0 Å². The number of hydrogen-bond donors (Lipinski definition) is 2. The number of hydrogen-bond acceptors (Lipinski definition) is 7. The zero-order valence-corrected chi connectivity index (χ0v) is 15.3. The molecule has 8 heteroatoms. The number of fused-ring (bicyclic) bond motifs is 2. The average Bonchev–Trinajstić information content (AvgIpc) is 3.32. The first-order chi connectivity index (χ1) is 12.1. The molecule has 3 atom stereocenters. The van der Waals surface area contributed by atoms with E-state index in [9.17, 15) is 9.59 Å². The highest BCUT2D eigenvalue weighted by Crippen LogP contribution is 2.31. The molecule has 1 amide bonds. The minimum atomic E-state index is -0.0773. The first-order valence-corrected chi connectivity index (χ1v) is 9.91. The minimum Gasteiger partial charge on any atom is -0.348 e. The second-order valence-corrected chi connectivity index (χ2v) is 8.72. The highest BCUT2D eigenvalue weighted by molar-refractivity contribution is 8.01. The third-order valence-electron chi connectivity index (χ3n) is 4.65. The van der Waals surface area contributed by atoms with Gasteiger partial charge in [-0.3, -0.25) is 9.59 Å². The van der Waals surface area contributed by atoms with Crippen molar-refractivity contribution in [3.8, 4) is 0 Å². The van der Waals surface area contributed by atoms with Crippen LogP contribution in [-0.2, 0) is 0 Å². The van der Waals surface area contributed by atoms with Crippen molar-refractivity contribution in [3.05, 3.63) is 34.8 Å². The van der Waals surface area contributed by atoms with Crippen LogP contribution in [0.25, 0.3) is 0 Å². The van der Waals surface area contributed by atoms with Crippen LogP contribution in [0.5, 0.6) is 0 Å². The summed E-state index contributed by atoms with van der Waals surface area (Å²) in [7, 11) is 0. The van der Waals surface area contributed by atoms with E-state index in [-0.39, 0.29) is 17.7 Å². The number of rotatable bonds is 5. The number of carbonyl (C=O) groups is 2. The van der Waals surface area contributed by atoms with Gasteiger partial charge in [-0.05, 0) is 43.5 Å². The third-order valence-corrected chi connectivity index (χ3v) is 6.73. The molecule has 0 spiro atoms. The number of ketones is 1. The van der Waals surface area contributed by atoms with Gasteiger partial charge in [-0.15, -0.1) is 10.2 Å². The Hall–Kier alpha value is -1.77. The van der Waals surface area contributed by atoms with Gasteiger partial charge in [0.1, 0.15) is 0 Å². The molecule has 2 aliphatic heterocycles. The monoisotopic (exact) mass is 374 g/mol. The maximum Gasteiger partial charge on any atom is 0.251 e. The first-order valence-electron chi connectivity index (χ1n) is 8.28. The van der Waals surface area contributed by atoms with Gasteiger partial charge in [0, 0.05) is 35.5 Å². The molecule has 130 valence electrons. The Morgan fingerprint density at radius 2 is 2.04 bits per heavy atom. The number of carbonyl (C=O) groups excluding carboxylic acids is 2. The number of nitrogens with one attached hydrogen (secondary N) is 2. The van der Waals surface area contributed by atoms with Crippen LogP contribution in [0.1, 0.15) is 46.3 Å². The number of nitrogens with zero attached hydrogens (tertiary/aromatic N) is 2. The molecule has 0 saturated carbocycles. The van der Waals surface area contributed by atoms with Crippen LogP contribution >= 0.6 is 23.1 Å². The molecule has 1 aromatic heterocycles. The summed E-state index contributed by atoms with van der Waals surface area (Å²) < 4.78 is 0.718. The Balaban J connectivity index is 1.37. The van der Waals surface area contributed by atoms with E-state index in [4.69, 9.17) is 0 Å². The maximum absolute atomic E-state index is 12.4. The highest BCUT2D eigenvalue weighted by atomic mass is 32.2. The molecule has 2 aliphatic rings. The van der Waals surface area contributed by atoms with Crippen molar-refractivity contribution < 1.29 is 9.59 Å². The lowest BCUT2D eigenvalue weighted by Crippen LogP contribution is -2.42. The molecule has 0 unspecified atom stereocenters. The average molecular weight is 374 g/mol. The molecule has 25 heavy (non-hydrogen) atoms. The van der Waals surface area contributed by atoms with E-state index in [0.717, 1.165) is 22.1 Å². The molecule has 0 radical (unpaired) electrons. The molecule has 2 aromatic rings. The second kappa shape index (κ2) is 6.86. The molecule has 4 rings (SSSR count). The zero-order valence-electron chi connectivity index (χ0n) is 13.7. The molecule has 2 bridgehead atoms. The lowest BCUT2D eigenvalue weighted by Gasteiger charge is -2.21. The summed E-state index contributed by atoms with van der Waals surface area (Å²) in [5, 5.41) is 15.0. The number of Topliss-reactive ketones (excluding diaryl/α,β-unsaturated/α-hetero) is 1. The predicted molar refractivity (Wildman–Crippen MR) is 96.3 cm³/mol. The topological polar surface area (TPSA) is 84.0 Å². The molecule has 2 N–H and O–H groups in total. The fourth-order valence-corrected chi connectivity index (χ4v) is 5.12. The summed E-state index contributed by atoms with van der Waals surface area (Å²) in [4.78, 5) is 24.7. The Morgan fingerprint density at radius 3 is 2.64 bits per heavy atom. The van der Waals surface area contributed by atoms with Gasteiger partial charge in [0.15, 0.2) is 15.1 Å². The third kappa shape index (κ3) is 3.61. The normalized spacial score (nSPS) is 24.4. The number of amides is 1. The van der Waals surface area contributed by atoms with E-state index in [1.54, 1.807) is 0 Å². The second-order valence-electron chi connectivity index (χ2n) is 6.42. The van der Waals surface area contributed by atoms with E-state index in [1.165, 1.54) is 36.4 Å². The van der Waals surface area contributed by atoms with E-state index < -0.39 is 0 Å². The van der Waals surface area contributed by atoms with Crippen molar-refractivity contribution in [2.45, 2.75) is 53.5 Å². The fourth-order valence-electron chi connectivity index (χ4n) is 3.40. The molecular formula is C17H18N4O2S2. The number of benzene rings is 1. The van der Waals surface area contributed by atoms with Crippen LogP contribution < -0.4 is 10.6 Å². The minimum absolute atomic E-state index is 0.0225. The Labute approximate surface area is 153 Å². The van der Waals surface area contributed by atoms with Crippen LogP contribution in [0.2, 0.25) is 0 Å². The largest absolute Gasteiger partial charge is 0.348 e. The van der Waals surface area contributed by atoms with Gasteiger partial charge in [-0.1, -0.05) is 23.1 Å². The summed E-state index contributed by atoms with van der Waals surface area (Å²) in [5.41, 5.74) is 0.661. The summed E-state index contributed by atoms with van der Waals surface area (Å²) in [5.74, 6) is -0.0999. The van der Waals surface area contributed by atoms with E-state index in [1.807, 2.05) is 24.3 Å². The summed E-state index contributed by atoms with van der Waals surface area (Å²) in [6.45, 7) is 1.48. The SMILES string of the molecule is CC(=O)c1nnc(Sc2ccc(C(=O)N[C@@H]3C[C@H]4CC[C@@H]3N4)cc2)s1. The van der Waals surface area contributed by atoms with Gasteiger partial charge in [0.05, 0.1) is 0 Å². The molecule has 3 heterocycles. The van der Waals surface area contributed by atoms with Gasteiger partial charge in [-0.2, -0.15) is 0 Å². The first kappa shape index (κ1) is 16.7. The molecule has 1 aromatic carbocycles. The van der Waals surface area contributed by atoms with Gasteiger partial charge >= 0.3 is 0 Å². The molecular weight excluding hydrogens is 356 g/mol. The molecule has 2 fully saturated rings. The lowest BCUT2D eigenvalue weighted by atomic mass is 9.95. The number of aromatic nitrogens is 2. The summed E-state index contributed by atoms with van der Waals surface area (Å²) >= 11 is 2.72. The molecule has 0 aliphatic carbocycles. The van der Waals surface area contributed by atoms with Crippen LogP contribution in [-0.4, -0.2) is 40.0 Å². The highest BCUT2D eigenvalue weighted by Gasteiger charge is 2.39. The standard InChI is InChI=1S/C17H18N4O2S2/c1-9(22)16-20-21-17(25-16)24-12-5-2-10(3-6-12)15(23)19-14-8-11-4-7-13(14)18-11/h2-3,5-6,11,13-14,18H,4,7-8H2,1H3,(H,19,23)/t11-,13+,14-/m1/s1. The zero-order chi connectivity index (χ0) is 17.4. The quantitative estimate of drug-likeness (QED) is 0.783. The summed E-state index contributed by atoms with van der Waals surface area (Å²) in [6, 6.07) is 8.68. The Morgan fingerprint density at radius 1 is 1.24 bits per heavy atom. The van der Waals surface area contributed by atoms with Crippen LogP contribution in [0.4, 0.5) is 0 Å². The van der Waals surface area contributed by atoms with Crippen LogP contribution in [0.15, 0.2) is 33.5 Å². The van der Waals surface area contributed by atoms with Crippen LogP contribution in [0.3, 0.4) is 0 Å². The van der Waals surface area contributed by atoms with E-state index in [0.29, 0.717) is 22.7 Å². The van der Waals surface area contributed by atoms with E-state index >= 15 is 0 Å². The van der Waals surface area contributed by atoms with Gasteiger partial charge in [-0.25, -0.2) is 0 Å². The van der Waals surface area contributed by atoms with Crippen molar-refractivity contribution in [3.63, 3.8) is 0 Å². The van der Waals surface area contributed by atoms with Crippen molar-refractivity contribution in [2.75, 3.05) is 0 Å². The Kier molecular flexibility index (Phi) is 4.58. The van der Waals surface area contributed by atoms with Crippen molar-refractivity contribution >= 4 is 34.8 Å². The van der Waals surface area contributed by atoms with Gasteiger partial charge < -0.3 is 10.6 Å². The maximum atomic E-state index is 12.4. The van der Waals surface area contributed by atoms with Gasteiger partial charge in [0.25, 0.3) is 5.91 Å².